The molecule has 4 rings (SSSR count). The average Bonchev–Trinajstić information content (AvgIpc) is 2.60. The molecule has 0 saturated carbocycles. The Labute approximate surface area is 142 Å². The van der Waals surface area contributed by atoms with Gasteiger partial charge in [0.25, 0.3) is 0 Å². The maximum absolute atomic E-state index is 4.95. The summed E-state index contributed by atoms with van der Waals surface area (Å²) in [6.45, 7) is 6.77. The van der Waals surface area contributed by atoms with Crippen LogP contribution in [-0.4, -0.2) is 28.0 Å². The van der Waals surface area contributed by atoms with E-state index in [0.717, 1.165) is 41.2 Å². The summed E-state index contributed by atoms with van der Waals surface area (Å²) >= 11 is 0. The van der Waals surface area contributed by atoms with Crippen LogP contribution in [0.1, 0.15) is 20.3 Å². The molecule has 0 unspecified atom stereocenters. The summed E-state index contributed by atoms with van der Waals surface area (Å²) in [5.74, 6) is 3.21. The Bertz CT molecular complexity index is 837. The maximum atomic E-state index is 4.95. The van der Waals surface area contributed by atoms with Crippen molar-refractivity contribution in [2.45, 2.75) is 20.3 Å². The molecule has 1 aliphatic heterocycles. The van der Waals surface area contributed by atoms with E-state index < -0.39 is 0 Å². The highest BCUT2D eigenvalue weighted by molar-refractivity contribution is 5.91. The predicted molar refractivity (Wildman–Crippen MR) is 97.9 cm³/mol. The number of fused-ring (bicyclic) bond motifs is 1. The number of hydrogen-bond donors (Lipinski definition) is 0. The molecule has 122 valence electrons. The van der Waals surface area contributed by atoms with Crippen molar-refractivity contribution in [1.82, 2.24) is 15.0 Å². The summed E-state index contributed by atoms with van der Waals surface area (Å²) in [7, 11) is 0. The second kappa shape index (κ2) is 6.19. The van der Waals surface area contributed by atoms with E-state index in [9.17, 15) is 0 Å². The molecule has 1 aromatic carbocycles. The third-order valence-electron chi connectivity index (χ3n) is 4.69. The fourth-order valence-corrected chi connectivity index (χ4v) is 3.77. The van der Waals surface area contributed by atoms with Crippen molar-refractivity contribution in [3.8, 4) is 11.4 Å². The van der Waals surface area contributed by atoms with E-state index >= 15 is 0 Å². The van der Waals surface area contributed by atoms with Gasteiger partial charge in [-0.3, -0.25) is 4.98 Å². The number of benzene rings is 1. The zero-order valence-electron chi connectivity index (χ0n) is 14.2. The largest absolute Gasteiger partial charge is 0.355 e. The molecule has 3 heterocycles. The Balaban J connectivity index is 1.87. The van der Waals surface area contributed by atoms with Crippen molar-refractivity contribution in [1.29, 1.82) is 0 Å². The van der Waals surface area contributed by atoms with Crippen molar-refractivity contribution in [2.24, 2.45) is 11.8 Å². The van der Waals surface area contributed by atoms with Crippen molar-refractivity contribution in [3.05, 3.63) is 48.8 Å². The summed E-state index contributed by atoms with van der Waals surface area (Å²) < 4.78 is 0. The van der Waals surface area contributed by atoms with E-state index in [2.05, 4.69) is 41.9 Å². The lowest BCUT2D eigenvalue weighted by molar-refractivity contribution is 0.356. The van der Waals surface area contributed by atoms with Crippen LogP contribution in [-0.2, 0) is 0 Å². The lowest BCUT2D eigenvalue weighted by atomic mass is 9.92. The molecule has 0 N–H and O–H groups in total. The van der Waals surface area contributed by atoms with Crippen LogP contribution in [0.15, 0.2) is 48.8 Å². The average molecular weight is 318 g/mol. The van der Waals surface area contributed by atoms with Gasteiger partial charge in [0, 0.05) is 36.4 Å². The third-order valence-corrected chi connectivity index (χ3v) is 4.69. The maximum Gasteiger partial charge on any atom is 0.162 e. The second-order valence-electron chi connectivity index (χ2n) is 6.97. The lowest BCUT2D eigenvalue weighted by Gasteiger charge is -2.36. The summed E-state index contributed by atoms with van der Waals surface area (Å²) in [5, 5.41) is 1.14. The van der Waals surface area contributed by atoms with Gasteiger partial charge in [-0.05, 0) is 42.5 Å². The summed E-state index contributed by atoms with van der Waals surface area (Å²) in [5.41, 5.74) is 2.01. The fourth-order valence-electron chi connectivity index (χ4n) is 3.77. The first kappa shape index (κ1) is 15.1. The number of rotatable bonds is 2. The van der Waals surface area contributed by atoms with Gasteiger partial charge in [-0.15, -0.1) is 0 Å². The van der Waals surface area contributed by atoms with Crippen LogP contribution < -0.4 is 4.90 Å². The van der Waals surface area contributed by atoms with E-state index in [4.69, 9.17) is 9.97 Å². The third kappa shape index (κ3) is 2.84. The van der Waals surface area contributed by atoms with Gasteiger partial charge in [0.1, 0.15) is 5.82 Å². The standard InChI is InChI=1S/C20H22N4/c1-14-11-15(2)13-24(12-14)20-17-5-3-4-6-18(17)22-19(23-20)16-7-9-21-10-8-16/h3-10,14-15H,11-13H2,1-2H3/t14-,15-/m1/s1. The highest BCUT2D eigenvalue weighted by Crippen LogP contribution is 2.31. The van der Waals surface area contributed by atoms with Crippen LogP contribution in [0.2, 0.25) is 0 Å². The number of anilines is 1. The predicted octanol–water partition coefficient (Wildman–Crippen LogP) is 4.17. The van der Waals surface area contributed by atoms with E-state index in [1.807, 2.05) is 18.2 Å². The highest BCUT2D eigenvalue weighted by Gasteiger charge is 2.24. The molecule has 3 aromatic rings. The molecule has 0 aliphatic carbocycles. The first-order valence-corrected chi connectivity index (χ1v) is 8.63. The molecule has 0 spiro atoms. The summed E-state index contributed by atoms with van der Waals surface area (Å²) in [6, 6.07) is 12.2. The van der Waals surface area contributed by atoms with Gasteiger partial charge in [-0.1, -0.05) is 26.0 Å². The monoisotopic (exact) mass is 318 g/mol. The number of nitrogens with zero attached hydrogens (tertiary/aromatic N) is 4. The van der Waals surface area contributed by atoms with Crippen LogP contribution in [0, 0.1) is 11.8 Å². The van der Waals surface area contributed by atoms with Crippen LogP contribution in [0.3, 0.4) is 0 Å². The van der Waals surface area contributed by atoms with Gasteiger partial charge in [0.15, 0.2) is 5.82 Å². The summed E-state index contributed by atoms with van der Waals surface area (Å²) in [6.07, 6.45) is 4.87. The zero-order valence-corrected chi connectivity index (χ0v) is 14.2. The molecule has 4 heteroatoms. The van der Waals surface area contributed by atoms with Gasteiger partial charge in [0.05, 0.1) is 5.52 Å². The minimum Gasteiger partial charge on any atom is -0.355 e. The van der Waals surface area contributed by atoms with Gasteiger partial charge < -0.3 is 4.90 Å². The number of para-hydroxylation sites is 1. The Kier molecular flexibility index (Phi) is 3.89. The molecule has 2 aromatic heterocycles. The van der Waals surface area contributed by atoms with E-state index in [1.54, 1.807) is 12.4 Å². The topological polar surface area (TPSA) is 41.9 Å². The highest BCUT2D eigenvalue weighted by atomic mass is 15.2. The Morgan fingerprint density at radius 1 is 0.917 bits per heavy atom. The molecule has 1 aliphatic rings. The summed E-state index contributed by atoms with van der Waals surface area (Å²) in [4.78, 5) is 16.3. The van der Waals surface area contributed by atoms with Crippen LogP contribution in [0.5, 0.6) is 0 Å². The molecule has 4 nitrogen and oxygen atoms in total. The minimum absolute atomic E-state index is 0.687. The number of aromatic nitrogens is 3. The first-order chi connectivity index (χ1) is 11.7. The van der Waals surface area contributed by atoms with E-state index in [1.165, 1.54) is 6.42 Å². The Morgan fingerprint density at radius 3 is 2.38 bits per heavy atom. The van der Waals surface area contributed by atoms with Crippen molar-refractivity contribution < 1.29 is 0 Å². The fraction of sp³-hybridized carbons (Fsp3) is 0.350. The Hall–Kier alpha value is -2.49. The molecule has 24 heavy (non-hydrogen) atoms. The molecule has 0 amide bonds. The number of piperidine rings is 1. The van der Waals surface area contributed by atoms with E-state index in [0.29, 0.717) is 11.8 Å². The molecular weight excluding hydrogens is 296 g/mol. The Morgan fingerprint density at radius 2 is 1.62 bits per heavy atom. The first-order valence-electron chi connectivity index (χ1n) is 8.63. The minimum atomic E-state index is 0.687. The lowest BCUT2D eigenvalue weighted by Crippen LogP contribution is -2.39. The van der Waals surface area contributed by atoms with Crippen molar-refractivity contribution in [3.63, 3.8) is 0 Å². The van der Waals surface area contributed by atoms with Crippen LogP contribution in [0.4, 0.5) is 5.82 Å². The normalized spacial score (nSPS) is 21.2. The zero-order chi connectivity index (χ0) is 16.5. The molecule has 0 radical (unpaired) electrons. The molecule has 1 saturated heterocycles. The number of hydrogen-bond acceptors (Lipinski definition) is 4. The van der Waals surface area contributed by atoms with Gasteiger partial charge in [-0.2, -0.15) is 0 Å². The molecule has 2 atom stereocenters. The number of pyridine rings is 1. The molecule has 1 fully saturated rings. The van der Waals surface area contributed by atoms with Crippen LogP contribution in [0.25, 0.3) is 22.3 Å². The van der Waals surface area contributed by atoms with E-state index in [-0.39, 0.29) is 0 Å². The van der Waals surface area contributed by atoms with Crippen LogP contribution >= 0.6 is 0 Å². The molecule has 0 bridgehead atoms. The molecular formula is C20H22N4. The SMILES string of the molecule is C[C@@H]1C[C@@H](C)CN(c2nc(-c3ccncc3)nc3ccccc23)C1. The second-order valence-corrected chi connectivity index (χ2v) is 6.97. The van der Waals surface area contributed by atoms with Gasteiger partial charge in [-0.25, -0.2) is 9.97 Å². The smallest absolute Gasteiger partial charge is 0.162 e. The quantitative estimate of drug-likeness (QED) is 0.711. The van der Waals surface area contributed by atoms with Crippen molar-refractivity contribution >= 4 is 16.7 Å². The van der Waals surface area contributed by atoms with Gasteiger partial charge in [0.2, 0.25) is 0 Å². The van der Waals surface area contributed by atoms with Crippen molar-refractivity contribution in [2.75, 3.05) is 18.0 Å². The van der Waals surface area contributed by atoms with Gasteiger partial charge >= 0.3 is 0 Å².